The molecule has 1 amide bonds. The average molecular weight is 251 g/mol. The standard InChI is InChI=1S/C11H13N3O2S/c1-7(15)17-8-5-10(16)14(6-8)11-9(12)3-2-4-13-11/h2-4,8H,5-6,12H2,1H3. The molecule has 1 fully saturated rings. The molecule has 0 aliphatic carbocycles. The SMILES string of the molecule is CC(=O)SC1CC(=O)N(c2ncccc2N)C1. The van der Waals surface area contributed by atoms with Crippen LogP contribution in [-0.4, -0.2) is 27.8 Å². The Hall–Kier alpha value is -1.56. The number of carbonyl (C=O) groups excluding carboxylic acids is 2. The van der Waals surface area contributed by atoms with Gasteiger partial charge in [-0.15, -0.1) is 0 Å². The summed E-state index contributed by atoms with van der Waals surface area (Å²) in [6, 6.07) is 3.43. The number of nitrogens with two attached hydrogens (primary N) is 1. The zero-order valence-electron chi connectivity index (χ0n) is 9.42. The molecule has 0 spiro atoms. The van der Waals surface area contributed by atoms with Crippen LogP contribution in [0, 0.1) is 0 Å². The number of nitrogen functional groups attached to an aromatic ring is 1. The molecule has 0 radical (unpaired) electrons. The molecule has 2 rings (SSSR count). The summed E-state index contributed by atoms with van der Waals surface area (Å²) in [5.41, 5.74) is 6.26. The van der Waals surface area contributed by atoms with Crippen molar-refractivity contribution in [2.24, 2.45) is 0 Å². The Morgan fingerprint density at radius 1 is 1.65 bits per heavy atom. The van der Waals surface area contributed by atoms with E-state index in [4.69, 9.17) is 5.73 Å². The van der Waals surface area contributed by atoms with E-state index in [0.717, 1.165) is 0 Å². The molecule has 1 aromatic heterocycles. The number of pyridine rings is 1. The first-order chi connectivity index (χ1) is 8.08. The monoisotopic (exact) mass is 251 g/mol. The minimum Gasteiger partial charge on any atom is -0.396 e. The fraction of sp³-hybridized carbons (Fsp3) is 0.364. The summed E-state index contributed by atoms with van der Waals surface area (Å²) in [6.45, 7) is 2.00. The minimum absolute atomic E-state index is 0.00130. The second-order valence-electron chi connectivity index (χ2n) is 3.86. The summed E-state index contributed by atoms with van der Waals surface area (Å²) in [6.07, 6.45) is 1.96. The Morgan fingerprint density at radius 3 is 3.06 bits per heavy atom. The topological polar surface area (TPSA) is 76.3 Å². The largest absolute Gasteiger partial charge is 0.396 e. The minimum atomic E-state index is -0.0332. The highest BCUT2D eigenvalue weighted by atomic mass is 32.2. The Morgan fingerprint density at radius 2 is 2.41 bits per heavy atom. The van der Waals surface area contributed by atoms with Crippen molar-refractivity contribution >= 4 is 34.3 Å². The first kappa shape index (κ1) is 11.9. The maximum atomic E-state index is 11.8. The molecule has 0 saturated carbocycles. The van der Waals surface area contributed by atoms with Crippen molar-refractivity contribution in [3.8, 4) is 0 Å². The number of carbonyl (C=O) groups is 2. The Bertz CT molecular complexity index is 464. The van der Waals surface area contributed by atoms with Gasteiger partial charge in [-0.2, -0.15) is 0 Å². The smallest absolute Gasteiger partial charge is 0.229 e. The van der Waals surface area contributed by atoms with Gasteiger partial charge >= 0.3 is 0 Å². The van der Waals surface area contributed by atoms with E-state index in [1.165, 1.54) is 18.7 Å². The number of hydrogen-bond donors (Lipinski definition) is 1. The third kappa shape index (κ3) is 2.58. The number of nitrogens with zero attached hydrogens (tertiary/aromatic N) is 2. The van der Waals surface area contributed by atoms with E-state index >= 15 is 0 Å². The predicted molar refractivity (Wildman–Crippen MR) is 67.7 cm³/mol. The number of anilines is 2. The fourth-order valence-corrected chi connectivity index (χ4v) is 2.75. The summed E-state index contributed by atoms with van der Waals surface area (Å²) in [5.74, 6) is 0.457. The van der Waals surface area contributed by atoms with E-state index < -0.39 is 0 Å². The number of hydrogen-bond acceptors (Lipinski definition) is 5. The molecular weight excluding hydrogens is 238 g/mol. The second-order valence-corrected chi connectivity index (χ2v) is 5.33. The van der Waals surface area contributed by atoms with Crippen LogP contribution >= 0.6 is 11.8 Å². The van der Waals surface area contributed by atoms with Gasteiger partial charge < -0.3 is 5.73 Å². The quantitative estimate of drug-likeness (QED) is 0.850. The van der Waals surface area contributed by atoms with E-state index in [-0.39, 0.29) is 16.3 Å². The van der Waals surface area contributed by atoms with Crippen molar-refractivity contribution in [2.75, 3.05) is 17.2 Å². The first-order valence-electron chi connectivity index (χ1n) is 5.26. The molecule has 2 N–H and O–H groups in total. The number of aromatic nitrogens is 1. The van der Waals surface area contributed by atoms with Crippen molar-refractivity contribution in [1.82, 2.24) is 4.98 Å². The van der Waals surface area contributed by atoms with Gasteiger partial charge in [-0.3, -0.25) is 14.5 Å². The van der Waals surface area contributed by atoms with E-state index in [1.807, 2.05) is 0 Å². The van der Waals surface area contributed by atoms with Gasteiger partial charge in [0.25, 0.3) is 0 Å². The summed E-state index contributed by atoms with van der Waals surface area (Å²) < 4.78 is 0. The van der Waals surface area contributed by atoms with Gasteiger partial charge in [0, 0.05) is 31.3 Å². The second kappa shape index (κ2) is 4.75. The van der Waals surface area contributed by atoms with Crippen molar-refractivity contribution in [1.29, 1.82) is 0 Å². The zero-order chi connectivity index (χ0) is 12.4. The van der Waals surface area contributed by atoms with E-state index in [2.05, 4.69) is 4.98 Å². The summed E-state index contributed by atoms with van der Waals surface area (Å²) in [7, 11) is 0. The molecule has 5 nitrogen and oxygen atoms in total. The third-order valence-electron chi connectivity index (χ3n) is 2.49. The zero-order valence-corrected chi connectivity index (χ0v) is 10.2. The van der Waals surface area contributed by atoms with Crippen molar-refractivity contribution in [3.05, 3.63) is 18.3 Å². The van der Waals surface area contributed by atoms with Crippen LogP contribution in [-0.2, 0) is 9.59 Å². The lowest BCUT2D eigenvalue weighted by atomic mass is 10.3. The van der Waals surface area contributed by atoms with Gasteiger partial charge in [-0.25, -0.2) is 4.98 Å². The van der Waals surface area contributed by atoms with Gasteiger partial charge in [-0.1, -0.05) is 11.8 Å². The van der Waals surface area contributed by atoms with Gasteiger partial charge in [-0.05, 0) is 12.1 Å². The van der Waals surface area contributed by atoms with Crippen LogP contribution in [0.15, 0.2) is 18.3 Å². The molecule has 6 heteroatoms. The van der Waals surface area contributed by atoms with Gasteiger partial charge in [0.1, 0.15) is 0 Å². The third-order valence-corrected chi connectivity index (χ3v) is 3.48. The van der Waals surface area contributed by atoms with Crippen LogP contribution in [0.4, 0.5) is 11.5 Å². The lowest BCUT2D eigenvalue weighted by molar-refractivity contribution is -0.117. The lowest BCUT2D eigenvalue weighted by Crippen LogP contribution is -2.26. The maximum absolute atomic E-state index is 11.8. The van der Waals surface area contributed by atoms with Gasteiger partial charge in [0.15, 0.2) is 10.9 Å². The van der Waals surface area contributed by atoms with Crippen molar-refractivity contribution in [3.63, 3.8) is 0 Å². The Labute approximate surface area is 103 Å². The molecule has 1 aliphatic rings. The summed E-state index contributed by atoms with van der Waals surface area (Å²) in [5, 5.41) is 0.0278. The Balaban J connectivity index is 2.16. The molecule has 1 aliphatic heterocycles. The predicted octanol–water partition coefficient (Wildman–Crippen LogP) is 1.05. The fourth-order valence-electron chi connectivity index (χ4n) is 1.83. The molecule has 2 heterocycles. The number of thioether (sulfide) groups is 1. The molecule has 1 saturated heterocycles. The molecular formula is C11H13N3O2S. The van der Waals surface area contributed by atoms with E-state index in [9.17, 15) is 9.59 Å². The summed E-state index contributed by atoms with van der Waals surface area (Å²) >= 11 is 1.20. The molecule has 0 aromatic carbocycles. The van der Waals surface area contributed by atoms with Gasteiger partial charge in [0.05, 0.1) is 5.69 Å². The van der Waals surface area contributed by atoms with Gasteiger partial charge in [0.2, 0.25) is 5.91 Å². The molecule has 1 unspecified atom stereocenters. The number of rotatable bonds is 2. The number of amides is 1. The highest BCUT2D eigenvalue weighted by Gasteiger charge is 2.33. The Kier molecular flexibility index (Phi) is 3.33. The molecule has 17 heavy (non-hydrogen) atoms. The van der Waals surface area contributed by atoms with Crippen LogP contribution in [0.5, 0.6) is 0 Å². The first-order valence-corrected chi connectivity index (χ1v) is 6.14. The molecule has 1 aromatic rings. The van der Waals surface area contributed by atoms with Crippen LogP contribution in [0.1, 0.15) is 13.3 Å². The average Bonchev–Trinajstić information content (AvgIpc) is 2.59. The summed E-state index contributed by atoms with van der Waals surface area (Å²) in [4.78, 5) is 28.5. The normalized spacial score (nSPS) is 19.7. The lowest BCUT2D eigenvalue weighted by Gasteiger charge is -2.16. The van der Waals surface area contributed by atoms with Crippen LogP contribution < -0.4 is 10.6 Å². The van der Waals surface area contributed by atoms with E-state index in [1.54, 1.807) is 23.2 Å². The molecule has 0 bridgehead atoms. The van der Waals surface area contributed by atoms with Crippen molar-refractivity contribution in [2.45, 2.75) is 18.6 Å². The highest BCUT2D eigenvalue weighted by molar-refractivity contribution is 8.14. The van der Waals surface area contributed by atoms with Crippen molar-refractivity contribution < 1.29 is 9.59 Å². The maximum Gasteiger partial charge on any atom is 0.229 e. The van der Waals surface area contributed by atoms with Crippen LogP contribution in [0.25, 0.3) is 0 Å². The molecule has 1 atom stereocenters. The molecule has 90 valence electrons. The van der Waals surface area contributed by atoms with Crippen LogP contribution in [0.2, 0.25) is 0 Å². The highest BCUT2D eigenvalue weighted by Crippen LogP contribution is 2.30. The van der Waals surface area contributed by atoms with Crippen LogP contribution in [0.3, 0.4) is 0 Å². The van der Waals surface area contributed by atoms with E-state index in [0.29, 0.717) is 24.5 Å².